The summed E-state index contributed by atoms with van der Waals surface area (Å²) in [6.07, 6.45) is 5.08. The molecule has 1 saturated carbocycles. The van der Waals surface area contributed by atoms with E-state index in [9.17, 15) is 4.79 Å². The number of benzene rings is 1. The average Bonchev–Trinajstić information content (AvgIpc) is 3.18. The number of nitrogens with zero attached hydrogens (tertiary/aromatic N) is 1. The Balaban J connectivity index is 1.68. The van der Waals surface area contributed by atoms with E-state index in [1.54, 1.807) is 0 Å². The summed E-state index contributed by atoms with van der Waals surface area (Å²) in [5, 5.41) is 0. The van der Waals surface area contributed by atoms with E-state index in [2.05, 4.69) is 12.1 Å². The van der Waals surface area contributed by atoms with Crippen molar-refractivity contribution >= 4 is 5.91 Å². The third-order valence-electron chi connectivity index (χ3n) is 4.80. The second-order valence-corrected chi connectivity index (χ2v) is 6.61. The Bertz CT molecular complexity index is 485. The third kappa shape index (κ3) is 3.87. The van der Waals surface area contributed by atoms with Gasteiger partial charge in [-0.3, -0.25) is 4.79 Å². The molecule has 2 N–H and O–H groups in total. The van der Waals surface area contributed by atoms with E-state index < -0.39 is 0 Å². The van der Waals surface area contributed by atoms with Crippen LogP contribution in [0.1, 0.15) is 37.7 Å². The molecule has 1 saturated heterocycles. The lowest BCUT2D eigenvalue weighted by Gasteiger charge is -2.28. The van der Waals surface area contributed by atoms with Crippen LogP contribution in [0.4, 0.5) is 0 Å². The Hall–Kier alpha value is -1.39. The Morgan fingerprint density at radius 2 is 2.05 bits per heavy atom. The number of nitrogens with two attached hydrogens (primary N) is 1. The summed E-state index contributed by atoms with van der Waals surface area (Å²) in [5.74, 6) is 0.354. The first-order chi connectivity index (χ1) is 10.7. The summed E-state index contributed by atoms with van der Waals surface area (Å²) in [6, 6.07) is 10.4. The molecule has 1 aromatic carbocycles. The van der Waals surface area contributed by atoms with Crippen molar-refractivity contribution in [2.45, 2.75) is 50.8 Å². The van der Waals surface area contributed by atoms with Gasteiger partial charge in [-0.2, -0.15) is 0 Å². The van der Waals surface area contributed by atoms with E-state index in [0.717, 1.165) is 38.7 Å². The minimum Gasteiger partial charge on any atom is -0.376 e. The Kier molecular flexibility index (Phi) is 5.11. The lowest BCUT2D eigenvalue weighted by Crippen LogP contribution is -2.40. The van der Waals surface area contributed by atoms with Gasteiger partial charge in [0, 0.05) is 31.7 Å². The van der Waals surface area contributed by atoms with Crippen molar-refractivity contribution in [2.75, 3.05) is 13.2 Å². The first kappa shape index (κ1) is 15.5. The van der Waals surface area contributed by atoms with Crippen molar-refractivity contribution in [3.8, 4) is 0 Å². The monoisotopic (exact) mass is 302 g/mol. The second-order valence-electron chi connectivity index (χ2n) is 6.61. The zero-order valence-electron chi connectivity index (χ0n) is 13.1. The topological polar surface area (TPSA) is 55.6 Å². The number of rotatable bonds is 5. The highest BCUT2D eigenvalue weighted by atomic mass is 16.5. The van der Waals surface area contributed by atoms with Crippen LogP contribution in [0.5, 0.6) is 0 Å². The Morgan fingerprint density at radius 1 is 1.23 bits per heavy atom. The number of hydrogen-bond acceptors (Lipinski definition) is 3. The fourth-order valence-corrected chi connectivity index (χ4v) is 3.57. The smallest absolute Gasteiger partial charge is 0.226 e. The number of carbonyl (C=O) groups is 1. The van der Waals surface area contributed by atoms with Crippen LogP contribution in [0.15, 0.2) is 30.3 Å². The zero-order chi connectivity index (χ0) is 15.4. The van der Waals surface area contributed by atoms with Gasteiger partial charge in [0.25, 0.3) is 0 Å². The SMILES string of the molecule is NC1CCC(C(=O)N(Cc2ccccc2)CC2CCCO2)C1. The standard InChI is InChI=1S/C18H26N2O2/c19-16-9-8-15(11-16)18(21)20(13-17-7-4-10-22-17)12-14-5-2-1-3-6-14/h1-3,5-6,15-17H,4,7-13,19H2. The molecular formula is C18H26N2O2. The zero-order valence-corrected chi connectivity index (χ0v) is 13.1. The van der Waals surface area contributed by atoms with Gasteiger partial charge in [0.2, 0.25) is 5.91 Å². The van der Waals surface area contributed by atoms with Gasteiger partial charge in [-0.1, -0.05) is 30.3 Å². The van der Waals surface area contributed by atoms with Gasteiger partial charge in [0.1, 0.15) is 0 Å². The number of ether oxygens (including phenoxy) is 1. The molecule has 2 aliphatic rings. The lowest BCUT2D eigenvalue weighted by atomic mass is 10.0. The molecule has 3 atom stereocenters. The van der Waals surface area contributed by atoms with Gasteiger partial charge in [-0.25, -0.2) is 0 Å². The Labute approximate surface area is 132 Å². The highest BCUT2D eigenvalue weighted by molar-refractivity contribution is 5.79. The van der Waals surface area contributed by atoms with Crippen LogP contribution in [-0.2, 0) is 16.1 Å². The first-order valence-electron chi connectivity index (χ1n) is 8.42. The van der Waals surface area contributed by atoms with Crippen molar-refractivity contribution in [3.05, 3.63) is 35.9 Å². The predicted molar refractivity (Wildman–Crippen MR) is 86.1 cm³/mol. The summed E-state index contributed by atoms with van der Waals surface area (Å²) >= 11 is 0. The largest absolute Gasteiger partial charge is 0.376 e. The molecule has 3 unspecified atom stereocenters. The quantitative estimate of drug-likeness (QED) is 0.908. The van der Waals surface area contributed by atoms with Gasteiger partial charge < -0.3 is 15.4 Å². The van der Waals surface area contributed by atoms with Crippen molar-refractivity contribution in [1.82, 2.24) is 4.90 Å². The average molecular weight is 302 g/mol. The summed E-state index contributed by atoms with van der Waals surface area (Å²) in [4.78, 5) is 14.9. The second kappa shape index (κ2) is 7.25. The molecule has 0 spiro atoms. The maximum absolute atomic E-state index is 12.9. The molecule has 0 bridgehead atoms. The van der Waals surface area contributed by atoms with Crippen LogP contribution >= 0.6 is 0 Å². The molecule has 1 amide bonds. The van der Waals surface area contributed by atoms with Crippen LogP contribution < -0.4 is 5.73 Å². The van der Waals surface area contributed by atoms with E-state index in [1.165, 1.54) is 5.56 Å². The molecule has 4 heteroatoms. The number of carbonyl (C=O) groups excluding carboxylic acids is 1. The molecule has 4 nitrogen and oxygen atoms in total. The molecule has 3 rings (SSSR count). The molecule has 1 aromatic rings. The van der Waals surface area contributed by atoms with E-state index >= 15 is 0 Å². The van der Waals surface area contributed by atoms with Gasteiger partial charge in [-0.05, 0) is 37.7 Å². The highest BCUT2D eigenvalue weighted by Gasteiger charge is 2.32. The summed E-state index contributed by atoms with van der Waals surface area (Å²) in [6.45, 7) is 2.21. The molecular weight excluding hydrogens is 276 g/mol. The van der Waals surface area contributed by atoms with Crippen molar-refractivity contribution in [2.24, 2.45) is 11.7 Å². The van der Waals surface area contributed by atoms with Gasteiger partial charge in [0.05, 0.1) is 6.10 Å². The van der Waals surface area contributed by atoms with E-state index in [4.69, 9.17) is 10.5 Å². The van der Waals surface area contributed by atoms with Crippen molar-refractivity contribution in [1.29, 1.82) is 0 Å². The number of amides is 1. The van der Waals surface area contributed by atoms with Crippen molar-refractivity contribution in [3.63, 3.8) is 0 Å². The maximum atomic E-state index is 12.9. The highest BCUT2D eigenvalue weighted by Crippen LogP contribution is 2.27. The fourth-order valence-electron chi connectivity index (χ4n) is 3.57. The molecule has 1 aliphatic heterocycles. The number of hydrogen-bond donors (Lipinski definition) is 1. The molecule has 0 radical (unpaired) electrons. The van der Waals surface area contributed by atoms with E-state index in [-0.39, 0.29) is 24.0 Å². The van der Waals surface area contributed by atoms with Crippen LogP contribution in [0.3, 0.4) is 0 Å². The van der Waals surface area contributed by atoms with Gasteiger partial charge in [-0.15, -0.1) is 0 Å². The van der Waals surface area contributed by atoms with Crippen LogP contribution in [-0.4, -0.2) is 36.1 Å². The van der Waals surface area contributed by atoms with Gasteiger partial charge >= 0.3 is 0 Å². The summed E-state index contributed by atoms with van der Waals surface area (Å²) < 4.78 is 5.74. The van der Waals surface area contributed by atoms with E-state index in [0.29, 0.717) is 13.1 Å². The molecule has 1 aliphatic carbocycles. The van der Waals surface area contributed by atoms with Crippen LogP contribution in [0, 0.1) is 5.92 Å². The third-order valence-corrected chi connectivity index (χ3v) is 4.80. The predicted octanol–water partition coefficient (Wildman–Crippen LogP) is 2.32. The molecule has 120 valence electrons. The van der Waals surface area contributed by atoms with Crippen LogP contribution in [0.25, 0.3) is 0 Å². The molecule has 1 heterocycles. The van der Waals surface area contributed by atoms with E-state index in [1.807, 2.05) is 23.1 Å². The molecule has 22 heavy (non-hydrogen) atoms. The lowest BCUT2D eigenvalue weighted by molar-refractivity contribution is -0.137. The van der Waals surface area contributed by atoms with Gasteiger partial charge in [0.15, 0.2) is 0 Å². The minimum absolute atomic E-state index is 0.0973. The Morgan fingerprint density at radius 3 is 2.68 bits per heavy atom. The molecule has 2 fully saturated rings. The summed E-state index contributed by atoms with van der Waals surface area (Å²) in [7, 11) is 0. The maximum Gasteiger partial charge on any atom is 0.226 e. The van der Waals surface area contributed by atoms with Crippen molar-refractivity contribution < 1.29 is 9.53 Å². The first-order valence-corrected chi connectivity index (χ1v) is 8.42. The van der Waals surface area contributed by atoms with Crippen LogP contribution in [0.2, 0.25) is 0 Å². The minimum atomic E-state index is 0.0973. The summed E-state index contributed by atoms with van der Waals surface area (Å²) in [5.41, 5.74) is 7.16. The fraction of sp³-hybridized carbons (Fsp3) is 0.611. The molecule has 0 aromatic heterocycles. The normalized spacial score (nSPS) is 28.0.